The van der Waals surface area contributed by atoms with Crippen molar-refractivity contribution in [2.24, 2.45) is 7.05 Å². The molecule has 0 saturated heterocycles. The lowest BCUT2D eigenvalue weighted by molar-refractivity contribution is 0.0604. The average molecular weight is 511 g/mol. The minimum atomic E-state index is -0.381. The van der Waals surface area contributed by atoms with Crippen LogP contribution in [0.25, 0.3) is 21.7 Å². The number of aromatic nitrogens is 3. The molecule has 3 aromatic carbocycles. The number of ether oxygens (including phenoxy) is 1. The van der Waals surface area contributed by atoms with E-state index in [0.717, 1.165) is 44.2 Å². The van der Waals surface area contributed by atoms with E-state index in [1.54, 1.807) is 17.7 Å². The van der Waals surface area contributed by atoms with Crippen LogP contribution in [-0.4, -0.2) is 14.5 Å². The Morgan fingerprint density at radius 3 is 2.61 bits per heavy atom. The molecule has 5 aromatic rings. The van der Waals surface area contributed by atoms with Gasteiger partial charge in [-0.1, -0.05) is 54.1 Å². The largest absolute Gasteiger partial charge is 0.361 e. The molecule has 2 aromatic heterocycles. The molecule has 2 heterocycles. The van der Waals surface area contributed by atoms with Crippen LogP contribution in [0.2, 0.25) is 5.02 Å². The summed E-state index contributed by atoms with van der Waals surface area (Å²) in [5.74, 6) is 0. The Balaban J connectivity index is 1.47. The van der Waals surface area contributed by atoms with Gasteiger partial charge in [0.05, 0.1) is 42.2 Å². The van der Waals surface area contributed by atoms with E-state index in [9.17, 15) is 5.26 Å². The van der Waals surface area contributed by atoms with Crippen LogP contribution in [0, 0.1) is 18.3 Å². The van der Waals surface area contributed by atoms with E-state index in [1.165, 1.54) is 0 Å². The molecule has 0 fully saturated rings. The van der Waals surface area contributed by atoms with E-state index in [2.05, 4.69) is 30.1 Å². The lowest BCUT2D eigenvalue weighted by atomic mass is 9.93. The van der Waals surface area contributed by atoms with Crippen LogP contribution in [0.5, 0.6) is 0 Å². The number of nitrogens with zero attached hydrogens (tertiary/aromatic N) is 4. The van der Waals surface area contributed by atoms with Crippen LogP contribution in [-0.2, 0) is 18.4 Å². The third-order valence-electron chi connectivity index (χ3n) is 6.07. The molecule has 178 valence electrons. The Morgan fingerprint density at radius 1 is 1.08 bits per heavy atom. The third kappa shape index (κ3) is 4.95. The second-order valence-corrected chi connectivity index (χ2v) is 9.80. The molecule has 36 heavy (non-hydrogen) atoms. The first-order chi connectivity index (χ1) is 17.5. The standard InChI is InChI=1S/C29H23ClN4OS/c1-19-5-3-4-6-25(19)26-13-21(7-8-22(26)14-31)28(27-15-32-18-34(27)2)35-16-24-17-36-29(33-24)20-9-11-23(30)12-10-20/h3-13,15,17-18,28H,16H2,1-2H3. The maximum atomic E-state index is 9.78. The molecule has 5 nitrogen and oxygen atoms in total. The minimum absolute atomic E-state index is 0.333. The maximum absolute atomic E-state index is 9.78. The smallest absolute Gasteiger partial charge is 0.125 e. The molecule has 1 atom stereocenters. The fourth-order valence-corrected chi connectivity index (χ4v) is 5.10. The summed E-state index contributed by atoms with van der Waals surface area (Å²) in [7, 11) is 1.95. The molecule has 0 amide bonds. The molecule has 0 aliphatic heterocycles. The van der Waals surface area contributed by atoms with E-state index in [1.807, 2.05) is 77.8 Å². The lowest BCUT2D eigenvalue weighted by Gasteiger charge is -2.20. The molecular formula is C29H23ClN4OS. The topological polar surface area (TPSA) is 63.7 Å². The fourth-order valence-electron chi connectivity index (χ4n) is 4.16. The molecule has 1 unspecified atom stereocenters. The molecule has 0 spiro atoms. The zero-order valence-corrected chi connectivity index (χ0v) is 21.4. The second-order valence-electron chi connectivity index (χ2n) is 8.50. The van der Waals surface area contributed by atoms with E-state index in [-0.39, 0.29) is 6.10 Å². The first-order valence-electron chi connectivity index (χ1n) is 11.4. The van der Waals surface area contributed by atoms with Gasteiger partial charge in [0, 0.05) is 28.6 Å². The van der Waals surface area contributed by atoms with Gasteiger partial charge in [-0.25, -0.2) is 9.97 Å². The molecule has 0 bridgehead atoms. The van der Waals surface area contributed by atoms with Crippen molar-refractivity contribution in [1.29, 1.82) is 5.26 Å². The van der Waals surface area contributed by atoms with Gasteiger partial charge in [-0.3, -0.25) is 0 Å². The highest BCUT2D eigenvalue weighted by molar-refractivity contribution is 7.13. The summed E-state index contributed by atoms with van der Waals surface area (Å²) < 4.78 is 8.44. The first kappa shape index (κ1) is 24.0. The molecule has 0 aliphatic carbocycles. The van der Waals surface area contributed by atoms with Gasteiger partial charge in [0.25, 0.3) is 0 Å². The van der Waals surface area contributed by atoms with Gasteiger partial charge in [-0.15, -0.1) is 11.3 Å². The summed E-state index contributed by atoms with van der Waals surface area (Å²) in [5, 5.41) is 13.4. The molecule has 0 saturated carbocycles. The van der Waals surface area contributed by atoms with E-state index < -0.39 is 0 Å². The summed E-state index contributed by atoms with van der Waals surface area (Å²) in [6, 6.07) is 24.0. The van der Waals surface area contributed by atoms with Gasteiger partial charge >= 0.3 is 0 Å². The molecule has 7 heteroatoms. The molecular weight excluding hydrogens is 488 g/mol. The quantitative estimate of drug-likeness (QED) is 0.229. The summed E-state index contributed by atoms with van der Waals surface area (Å²) in [5.41, 5.74) is 7.41. The fraction of sp³-hybridized carbons (Fsp3) is 0.138. The monoisotopic (exact) mass is 510 g/mol. The van der Waals surface area contributed by atoms with Crippen LogP contribution < -0.4 is 0 Å². The number of nitriles is 1. The van der Waals surface area contributed by atoms with Gasteiger partial charge < -0.3 is 9.30 Å². The van der Waals surface area contributed by atoms with Crippen LogP contribution in [0.1, 0.15) is 34.2 Å². The number of imidazole rings is 1. The van der Waals surface area contributed by atoms with Crippen LogP contribution in [0.15, 0.2) is 84.6 Å². The Bertz CT molecular complexity index is 1550. The summed E-state index contributed by atoms with van der Waals surface area (Å²) in [6.45, 7) is 2.39. The summed E-state index contributed by atoms with van der Waals surface area (Å²) in [4.78, 5) is 9.08. The summed E-state index contributed by atoms with van der Waals surface area (Å²) >= 11 is 7.60. The van der Waals surface area contributed by atoms with Crippen molar-refractivity contribution in [3.63, 3.8) is 0 Å². The van der Waals surface area contributed by atoms with Crippen molar-refractivity contribution in [3.8, 4) is 27.8 Å². The molecule has 0 N–H and O–H groups in total. The Labute approximate surface area is 219 Å². The highest BCUT2D eigenvalue weighted by atomic mass is 35.5. The number of hydrogen-bond acceptors (Lipinski definition) is 5. The van der Waals surface area contributed by atoms with E-state index in [4.69, 9.17) is 21.3 Å². The average Bonchev–Trinajstić information content (AvgIpc) is 3.54. The van der Waals surface area contributed by atoms with Gasteiger partial charge in [-0.2, -0.15) is 5.26 Å². The normalized spacial score (nSPS) is 11.8. The molecule has 5 rings (SSSR count). The maximum Gasteiger partial charge on any atom is 0.125 e. The van der Waals surface area contributed by atoms with Gasteiger partial charge in [0.15, 0.2) is 0 Å². The lowest BCUT2D eigenvalue weighted by Crippen LogP contribution is -2.11. The van der Waals surface area contributed by atoms with E-state index >= 15 is 0 Å². The van der Waals surface area contributed by atoms with Crippen molar-refractivity contribution >= 4 is 22.9 Å². The van der Waals surface area contributed by atoms with Gasteiger partial charge in [-0.05, 0) is 47.9 Å². The number of benzene rings is 3. The second kappa shape index (κ2) is 10.5. The van der Waals surface area contributed by atoms with Crippen molar-refractivity contribution in [2.45, 2.75) is 19.6 Å². The zero-order chi connectivity index (χ0) is 25.1. The predicted octanol–water partition coefficient (Wildman–Crippen LogP) is 7.35. The number of halogens is 1. The van der Waals surface area contributed by atoms with E-state index in [0.29, 0.717) is 17.2 Å². The highest BCUT2D eigenvalue weighted by Gasteiger charge is 2.21. The number of aryl methyl sites for hydroxylation is 2. The predicted molar refractivity (Wildman–Crippen MR) is 144 cm³/mol. The first-order valence-corrected chi connectivity index (χ1v) is 12.7. The van der Waals surface area contributed by atoms with Crippen molar-refractivity contribution in [1.82, 2.24) is 14.5 Å². The number of hydrogen-bond donors (Lipinski definition) is 0. The molecule has 0 radical (unpaired) electrons. The highest BCUT2D eigenvalue weighted by Crippen LogP contribution is 2.34. The number of thiazole rings is 1. The summed E-state index contributed by atoms with van der Waals surface area (Å²) in [6.07, 6.45) is 3.20. The van der Waals surface area contributed by atoms with Crippen molar-refractivity contribution in [3.05, 3.63) is 118 Å². The van der Waals surface area contributed by atoms with Gasteiger partial charge in [0.2, 0.25) is 0 Å². The zero-order valence-electron chi connectivity index (χ0n) is 19.9. The van der Waals surface area contributed by atoms with Crippen molar-refractivity contribution in [2.75, 3.05) is 0 Å². The minimum Gasteiger partial charge on any atom is -0.361 e. The third-order valence-corrected chi connectivity index (χ3v) is 7.26. The van der Waals surface area contributed by atoms with Crippen LogP contribution >= 0.6 is 22.9 Å². The Kier molecular flexibility index (Phi) is 6.97. The molecule has 0 aliphatic rings. The SMILES string of the molecule is Cc1ccccc1-c1cc(C(OCc2csc(-c3ccc(Cl)cc3)n2)c2cncn2C)ccc1C#N. The van der Waals surface area contributed by atoms with Crippen LogP contribution in [0.4, 0.5) is 0 Å². The van der Waals surface area contributed by atoms with Gasteiger partial charge in [0.1, 0.15) is 11.1 Å². The Hall–Kier alpha value is -3.76. The Morgan fingerprint density at radius 2 is 1.89 bits per heavy atom. The number of rotatable bonds is 7. The van der Waals surface area contributed by atoms with Crippen LogP contribution in [0.3, 0.4) is 0 Å². The van der Waals surface area contributed by atoms with Crippen molar-refractivity contribution < 1.29 is 4.74 Å².